The summed E-state index contributed by atoms with van der Waals surface area (Å²) in [5, 5.41) is 7.72. The molecule has 0 bridgehead atoms. The van der Waals surface area contributed by atoms with Gasteiger partial charge in [0, 0.05) is 47.8 Å². The second-order valence-corrected chi connectivity index (χ2v) is 13.9. The highest BCUT2D eigenvalue weighted by Crippen LogP contribution is 2.49. The molecule has 0 amide bonds. The first-order chi connectivity index (χ1) is 21.7. The molecule has 1 unspecified atom stereocenters. The van der Waals surface area contributed by atoms with Gasteiger partial charge in [0.25, 0.3) is 0 Å². The molecule has 208 valence electrons. The third-order valence-corrected chi connectivity index (χ3v) is 11.5. The van der Waals surface area contributed by atoms with E-state index in [1.807, 2.05) is 11.3 Å². The maximum absolute atomic E-state index is 5.48. The van der Waals surface area contributed by atoms with Gasteiger partial charge in [-0.05, 0) is 35.2 Å². The Morgan fingerprint density at radius 3 is 2.09 bits per heavy atom. The van der Waals surface area contributed by atoms with E-state index in [1.54, 1.807) is 11.3 Å². The Labute approximate surface area is 261 Å². The van der Waals surface area contributed by atoms with Gasteiger partial charge in [0.15, 0.2) is 0 Å². The summed E-state index contributed by atoms with van der Waals surface area (Å²) in [7, 11) is 0. The Kier molecular flexibility index (Phi) is 5.08. The topological polar surface area (TPSA) is 30.7 Å². The minimum atomic E-state index is 0.425. The zero-order chi connectivity index (χ0) is 28.9. The summed E-state index contributed by atoms with van der Waals surface area (Å²) in [6, 6.07) is 37.0. The summed E-state index contributed by atoms with van der Waals surface area (Å²) in [4.78, 5) is 10.9. The molecule has 1 atom stereocenters. The Balaban J connectivity index is 1.45. The summed E-state index contributed by atoms with van der Waals surface area (Å²) in [5.41, 5.74) is 6.95. The van der Waals surface area contributed by atoms with Crippen LogP contribution in [0.4, 0.5) is 0 Å². The molecule has 4 heterocycles. The lowest BCUT2D eigenvalue weighted by atomic mass is 9.92. The number of rotatable bonds is 2. The van der Waals surface area contributed by atoms with Gasteiger partial charge in [-0.3, -0.25) is 4.57 Å². The van der Waals surface area contributed by atoms with E-state index in [9.17, 15) is 0 Å². The van der Waals surface area contributed by atoms with Gasteiger partial charge in [-0.15, -0.1) is 22.7 Å². The monoisotopic (exact) mass is 599 g/mol. The number of nitrogens with zero attached hydrogens (tertiary/aromatic N) is 3. The number of hydrogen-bond donors (Lipinski definition) is 0. The van der Waals surface area contributed by atoms with Crippen molar-refractivity contribution >= 4 is 90.9 Å². The van der Waals surface area contributed by atoms with Crippen LogP contribution in [0.25, 0.3) is 85.4 Å². The van der Waals surface area contributed by atoms with Crippen molar-refractivity contribution in [3.8, 4) is 17.2 Å². The quantitative estimate of drug-likeness (QED) is 0.198. The van der Waals surface area contributed by atoms with Gasteiger partial charge in [0.2, 0.25) is 5.95 Å². The van der Waals surface area contributed by atoms with E-state index in [4.69, 9.17) is 9.97 Å². The van der Waals surface area contributed by atoms with Gasteiger partial charge >= 0.3 is 0 Å². The minimum Gasteiger partial charge on any atom is -0.280 e. The fraction of sp³-hybridized carbons (Fsp3) is 0.0769. The lowest BCUT2D eigenvalue weighted by Gasteiger charge is -2.17. The van der Waals surface area contributed by atoms with Crippen LogP contribution in [-0.4, -0.2) is 14.5 Å². The van der Waals surface area contributed by atoms with Gasteiger partial charge < -0.3 is 0 Å². The first-order valence-corrected chi connectivity index (χ1v) is 16.7. The smallest absolute Gasteiger partial charge is 0.235 e. The average Bonchev–Trinajstić information content (AvgIpc) is 3.74. The van der Waals surface area contributed by atoms with Crippen LogP contribution < -0.4 is 0 Å². The van der Waals surface area contributed by atoms with Crippen molar-refractivity contribution in [2.75, 3.05) is 0 Å². The molecule has 0 saturated heterocycles. The first kappa shape index (κ1) is 24.6. The van der Waals surface area contributed by atoms with Gasteiger partial charge in [0.05, 0.1) is 26.1 Å². The van der Waals surface area contributed by atoms with Gasteiger partial charge in [0.1, 0.15) is 0 Å². The van der Waals surface area contributed by atoms with E-state index in [2.05, 4.69) is 127 Å². The summed E-state index contributed by atoms with van der Waals surface area (Å²) in [6.07, 6.45) is 5.65. The van der Waals surface area contributed by atoms with Crippen molar-refractivity contribution < 1.29 is 0 Å². The minimum absolute atomic E-state index is 0.425. The molecule has 44 heavy (non-hydrogen) atoms. The molecule has 1 aliphatic rings. The molecule has 0 spiro atoms. The zero-order valence-electron chi connectivity index (χ0n) is 23.9. The number of thiophene rings is 2. The molecule has 4 aromatic heterocycles. The van der Waals surface area contributed by atoms with E-state index in [1.165, 1.54) is 63.2 Å². The molecule has 9 aromatic rings. The van der Waals surface area contributed by atoms with Gasteiger partial charge in [-0.1, -0.05) is 110 Å². The predicted molar refractivity (Wildman–Crippen MR) is 189 cm³/mol. The van der Waals surface area contributed by atoms with Crippen molar-refractivity contribution in [1.82, 2.24) is 14.5 Å². The van der Waals surface area contributed by atoms with Crippen LogP contribution in [0.15, 0.2) is 109 Å². The molecular weight excluding hydrogens is 575 g/mol. The van der Waals surface area contributed by atoms with Crippen LogP contribution >= 0.6 is 22.7 Å². The summed E-state index contributed by atoms with van der Waals surface area (Å²) >= 11 is 3.67. The lowest BCUT2D eigenvalue weighted by molar-refractivity contribution is 0.685. The maximum atomic E-state index is 5.48. The second-order valence-electron chi connectivity index (χ2n) is 11.8. The Hall–Kier alpha value is -4.84. The van der Waals surface area contributed by atoms with E-state index in [-0.39, 0.29) is 0 Å². The zero-order valence-corrected chi connectivity index (χ0v) is 25.5. The van der Waals surface area contributed by atoms with Crippen LogP contribution in [0.5, 0.6) is 0 Å². The average molecular weight is 600 g/mol. The van der Waals surface area contributed by atoms with Crippen LogP contribution in [0, 0.1) is 5.92 Å². The van der Waals surface area contributed by atoms with Crippen molar-refractivity contribution in [3.63, 3.8) is 0 Å². The highest BCUT2D eigenvalue weighted by Gasteiger charge is 2.28. The molecular formula is C39H25N3S2. The summed E-state index contributed by atoms with van der Waals surface area (Å²) in [5.74, 6) is 1.18. The molecule has 5 heteroatoms. The highest BCUT2D eigenvalue weighted by molar-refractivity contribution is 7.27. The second kappa shape index (κ2) is 9.08. The number of aromatic nitrogens is 3. The fourth-order valence-electron chi connectivity index (χ4n) is 7.23. The normalized spacial score (nSPS) is 15.0. The molecule has 0 aliphatic heterocycles. The summed E-state index contributed by atoms with van der Waals surface area (Å²) in [6.45, 7) is 2.31. The molecule has 3 nitrogen and oxygen atoms in total. The number of allylic oxidation sites excluding steroid dienone is 1. The van der Waals surface area contributed by atoms with Crippen LogP contribution in [0.1, 0.15) is 18.2 Å². The molecule has 0 radical (unpaired) electrons. The third-order valence-electron chi connectivity index (χ3n) is 9.15. The largest absolute Gasteiger partial charge is 0.280 e. The molecule has 5 aromatic carbocycles. The summed E-state index contributed by atoms with van der Waals surface area (Å²) < 4.78 is 7.40. The highest BCUT2D eigenvalue weighted by atomic mass is 32.1. The molecule has 0 saturated carbocycles. The predicted octanol–water partition coefficient (Wildman–Crippen LogP) is 11.2. The molecule has 0 N–H and O–H groups in total. The SMILES string of the molecule is CC1C=Cc2c(n(-c3nc(-c4ccccc4)c4sc5ccccc5c4n3)c3c4sc5ccccc5c4c4ccccc4c23)C1. The maximum Gasteiger partial charge on any atom is 0.235 e. The Morgan fingerprint density at radius 2 is 1.30 bits per heavy atom. The third kappa shape index (κ3) is 3.31. The standard InChI is InChI=1S/C39H25N3S2/c1-22-19-20-26-29(21-22)42(36-32(26)24-13-5-6-14-25(24)33-27-15-7-9-17-30(27)43-37(33)36)39-40-34(23-11-3-2-4-12-23)38-35(41-39)28-16-8-10-18-31(28)44-38/h2-20,22H,21H2,1H3. The number of fused-ring (bicyclic) bond motifs is 13. The Bertz CT molecular complexity index is 2650. The molecule has 10 rings (SSSR count). The van der Waals surface area contributed by atoms with E-state index in [0.29, 0.717) is 5.92 Å². The molecule has 1 aliphatic carbocycles. The van der Waals surface area contributed by atoms with Crippen molar-refractivity contribution in [2.45, 2.75) is 13.3 Å². The van der Waals surface area contributed by atoms with Gasteiger partial charge in [-0.2, -0.15) is 0 Å². The van der Waals surface area contributed by atoms with Crippen LogP contribution in [-0.2, 0) is 6.42 Å². The van der Waals surface area contributed by atoms with Crippen molar-refractivity contribution in [3.05, 3.63) is 120 Å². The van der Waals surface area contributed by atoms with E-state index < -0.39 is 0 Å². The van der Waals surface area contributed by atoms with Crippen molar-refractivity contribution in [1.29, 1.82) is 0 Å². The van der Waals surface area contributed by atoms with Crippen molar-refractivity contribution in [2.24, 2.45) is 5.92 Å². The Morgan fingerprint density at radius 1 is 0.659 bits per heavy atom. The lowest BCUT2D eigenvalue weighted by Crippen LogP contribution is -2.11. The number of benzene rings is 5. The van der Waals surface area contributed by atoms with Crippen LogP contribution in [0.2, 0.25) is 0 Å². The van der Waals surface area contributed by atoms with E-state index in [0.717, 1.165) is 33.8 Å². The first-order valence-electron chi connectivity index (χ1n) is 15.1. The number of hydrogen-bond acceptors (Lipinski definition) is 4. The van der Waals surface area contributed by atoms with Crippen LogP contribution in [0.3, 0.4) is 0 Å². The van der Waals surface area contributed by atoms with E-state index >= 15 is 0 Å². The fourth-order valence-corrected chi connectivity index (χ4v) is 9.64. The van der Waals surface area contributed by atoms with Gasteiger partial charge in [-0.25, -0.2) is 9.97 Å². The molecule has 0 fully saturated rings.